The second-order valence-corrected chi connectivity index (χ2v) is 11.7. The van der Waals surface area contributed by atoms with E-state index in [1.807, 2.05) is 18.2 Å². The fraction of sp³-hybridized carbons (Fsp3) is 0.333. The standard InChI is InChI=1S/C23H30ClN3O.C7H6O6S.2H2O/c1-5-27(6-2)13-7-8-16(3)25-23-19-11-9-17(24)14-22(19)26-21-12-10-18(28-4)15-20(21)23;8-6-2-1-4(14(11,12)13)3-5(6)7(9)10;;/h9-12,14-16H,5-8,13H2,1-4H3,(H,25,26);1-3,8H,(H,9,10)(H,11,12,13);2*1H2/t16-;;;/m0.../s1. The van der Waals surface area contributed by atoms with Crippen molar-refractivity contribution in [3.63, 3.8) is 0 Å². The second-order valence-electron chi connectivity index (χ2n) is 9.91. The van der Waals surface area contributed by atoms with Gasteiger partial charge in [0.2, 0.25) is 11.0 Å². The number of H-pyrrole nitrogens is 1. The topological polar surface area (TPSA) is 220 Å². The lowest BCUT2D eigenvalue weighted by Gasteiger charge is -2.19. The summed E-state index contributed by atoms with van der Waals surface area (Å²) in [5, 5.41) is 26.1. The zero-order chi connectivity index (χ0) is 31.0. The van der Waals surface area contributed by atoms with Crippen LogP contribution in [0.15, 0.2) is 59.5 Å². The van der Waals surface area contributed by atoms with Gasteiger partial charge in [0.15, 0.2) is 0 Å². The van der Waals surface area contributed by atoms with E-state index in [1.54, 1.807) is 12.0 Å². The molecule has 4 aromatic rings. The van der Waals surface area contributed by atoms with Crippen molar-refractivity contribution < 1.29 is 53.6 Å². The van der Waals surface area contributed by atoms with E-state index in [1.165, 1.54) is 26.1 Å². The summed E-state index contributed by atoms with van der Waals surface area (Å²) < 4.78 is 36.9. The van der Waals surface area contributed by atoms with E-state index in [-0.39, 0.29) is 11.0 Å². The number of ether oxygens (including phenoxy) is 1. The lowest BCUT2D eigenvalue weighted by molar-refractivity contribution is -0.896. The van der Waals surface area contributed by atoms with Gasteiger partial charge in [0.1, 0.15) is 15.9 Å². The maximum Gasteiger partial charge on any atom is 0.335 e. The number of aromatic amines is 1. The van der Waals surface area contributed by atoms with Crippen molar-refractivity contribution >= 4 is 55.2 Å². The molecule has 0 aliphatic heterocycles. The minimum atomic E-state index is -4.73. The molecule has 3 aromatic carbocycles. The average molecular weight is 654 g/mol. The van der Waals surface area contributed by atoms with E-state index in [2.05, 4.69) is 49.3 Å². The zero-order valence-electron chi connectivity index (χ0n) is 25.0. The number of quaternary nitrogens is 1. The molecule has 14 heteroatoms. The molecule has 0 fully saturated rings. The highest BCUT2D eigenvalue weighted by molar-refractivity contribution is 7.85. The smallest absolute Gasteiger partial charge is 0.335 e. The number of carboxylic acids is 1. The van der Waals surface area contributed by atoms with Crippen LogP contribution in [0.25, 0.3) is 21.8 Å². The monoisotopic (exact) mass is 653 g/mol. The van der Waals surface area contributed by atoms with Crippen molar-refractivity contribution in [2.45, 2.75) is 44.6 Å². The molecule has 12 nitrogen and oxygen atoms in total. The SMILES string of the molecule is CC[NH+](CC)CCC[C@H](C)Nc1c2ccc(Cl)cc2[nH+]c2ccc(OC)cc12.O.O.O=C(O)c1cc(S(=O)(=O)[O-])ccc1[O-]. The van der Waals surface area contributed by atoms with E-state index in [0.717, 1.165) is 56.8 Å². The van der Waals surface area contributed by atoms with Gasteiger partial charge in [-0.3, -0.25) is 0 Å². The number of nitrogens with one attached hydrogen (secondary N) is 3. The van der Waals surface area contributed by atoms with Crippen LogP contribution in [0.5, 0.6) is 11.5 Å². The number of hydrogen-bond acceptors (Lipinski definition) is 7. The first-order chi connectivity index (χ1) is 19.9. The molecule has 242 valence electrons. The van der Waals surface area contributed by atoms with Gasteiger partial charge in [-0.05, 0) is 70.0 Å². The summed E-state index contributed by atoms with van der Waals surface area (Å²) in [5.74, 6) is -1.56. The van der Waals surface area contributed by atoms with Crippen molar-refractivity contribution in [1.82, 2.24) is 0 Å². The van der Waals surface area contributed by atoms with Crippen LogP contribution < -0.4 is 25.0 Å². The molecule has 44 heavy (non-hydrogen) atoms. The van der Waals surface area contributed by atoms with Gasteiger partial charge in [-0.1, -0.05) is 23.4 Å². The van der Waals surface area contributed by atoms with E-state index in [4.69, 9.17) is 21.4 Å². The summed E-state index contributed by atoms with van der Waals surface area (Å²) in [6.45, 7) is 10.4. The molecule has 0 saturated carbocycles. The van der Waals surface area contributed by atoms with E-state index in [9.17, 15) is 22.9 Å². The fourth-order valence-electron chi connectivity index (χ4n) is 4.66. The van der Waals surface area contributed by atoms with Crippen molar-refractivity contribution in [3.05, 3.63) is 65.2 Å². The third kappa shape index (κ3) is 9.91. The molecule has 0 unspecified atom stereocenters. The van der Waals surface area contributed by atoms with Crippen LogP contribution in [0.1, 0.15) is 44.0 Å². The number of aromatic nitrogens is 1. The van der Waals surface area contributed by atoms with Crippen LogP contribution in [-0.2, 0) is 10.1 Å². The molecule has 0 spiro atoms. The van der Waals surface area contributed by atoms with Gasteiger partial charge >= 0.3 is 5.97 Å². The molecule has 4 rings (SSSR count). The Bertz CT molecular complexity index is 1670. The van der Waals surface area contributed by atoms with Gasteiger partial charge in [0, 0.05) is 23.2 Å². The Kier molecular flexibility index (Phi) is 14.8. The van der Waals surface area contributed by atoms with Crippen LogP contribution in [0.3, 0.4) is 0 Å². The molecule has 0 radical (unpaired) electrons. The maximum atomic E-state index is 10.9. The van der Waals surface area contributed by atoms with E-state index >= 15 is 0 Å². The lowest BCUT2D eigenvalue weighted by Crippen LogP contribution is -3.11. The molecular formula is C30H40ClN3O9S. The quantitative estimate of drug-likeness (QED) is 0.159. The normalized spacial score (nSPS) is 11.6. The first-order valence-corrected chi connectivity index (χ1v) is 15.4. The third-order valence-electron chi connectivity index (χ3n) is 7.04. The second kappa shape index (κ2) is 16.9. The molecule has 1 aromatic heterocycles. The largest absolute Gasteiger partial charge is 0.872 e. The van der Waals surface area contributed by atoms with E-state index in [0.29, 0.717) is 12.1 Å². The molecule has 0 bridgehead atoms. The summed E-state index contributed by atoms with van der Waals surface area (Å²) in [6, 6.07) is 14.6. The Morgan fingerprint density at radius 1 is 1.05 bits per heavy atom. The Balaban J connectivity index is 0.000000515. The highest BCUT2D eigenvalue weighted by Gasteiger charge is 2.17. The van der Waals surface area contributed by atoms with Crippen LogP contribution in [0.2, 0.25) is 5.02 Å². The Morgan fingerprint density at radius 2 is 1.73 bits per heavy atom. The van der Waals surface area contributed by atoms with Crippen LogP contribution in [-0.4, -0.2) is 67.8 Å². The average Bonchev–Trinajstić information content (AvgIpc) is 2.94. The van der Waals surface area contributed by atoms with Crippen molar-refractivity contribution in [1.29, 1.82) is 0 Å². The Morgan fingerprint density at radius 3 is 2.32 bits per heavy atom. The zero-order valence-corrected chi connectivity index (χ0v) is 26.6. The molecule has 0 saturated heterocycles. The summed E-state index contributed by atoms with van der Waals surface area (Å²) >= 11 is 6.24. The summed E-state index contributed by atoms with van der Waals surface area (Å²) in [4.78, 5) is 14.8. The number of carboxylic acid groups (broad SMARTS) is 1. The number of fused-ring (bicyclic) bond motifs is 2. The summed E-state index contributed by atoms with van der Waals surface area (Å²) in [6.07, 6.45) is 2.36. The van der Waals surface area contributed by atoms with Gasteiger partial charge in [-0.15, -0.1) is 0 Å². The molecule has 0 aliphatic rings. The van der Waals surface area contributed by atoms with Gasteiger partial charge in [-0.25, -0.2) is 18.2 Å². The predicted octanol–water partition coefficient (Wildman–Crippen LogP) is 1.69. The molecule has 0 amide bonds. The number of halogens is 1. The molecular weight excluding hydrogens is 614 g/mol. The van der Waals surface area contributed by atoms with Crippen LogP contribution in [0.4, 0.5) is 5.69 Å². The highest BCUT2D eigenvalue weighted by atomic mass is 35.5. The van der Waals surface area contributed by atoms with Gasteiger partial charge < -0.3 is 40.7 Å². The lowest BCUT2D eigenvalue weighted by atomic mass is 10.1. The minimum Gasteiger partial charge on any atom is -0.872 e. The van der Waals surface area contributed by atoms with Gasteiger partial charge in [0.05, 0.1) is 53.7 Å². The number of pyridine rings is 1. The third-order valence-corrected chi connectivity index (χ3v) is 8.11. The van der Waals surface area contributed by atoms with Crippen molar-refractivity contribution in [2.75, 3.05) is 32.1 Å². The maximum absolute atomic E-state index is 10.9. The number of aromatic carboxylic acids is 1. The molecule has 0 aliphatic carbocycles. The first-order valence-electron chi connectivity index (χ1n) is 13.6. The number of methoxy groups -OCH3 is 1. The minimum absolute atomic E-state index is 0. The Labute approximate surface area is 261 Å². The van der Waals surface area contributed by atoms with Crippen LogP contribution >= 0.6 is 11.6 Å². The number of rotatable bonds is 11. The van der Waals surface area contributed by atoms with Gasteiger partial charge in [0.25, 0.3) is 0 Å². The summed E-state index contributed by atoms with van der Waals surface area (Å²) in [7, 11) is -3.02. The molecule has 1 atom stereocenters. The molecule has 8 N–H and O–H groups in total. The number of carbonyl (C=O) groups is 1. The number of anilines is 1. The number of benzene rings is 3. The van der Waals surface area contributed by atoms with Crippen molar-refractivity contribution in [2.24, 2.45) is 0 Å². The number of hydrogen-bond donors (Lipinski definition) is 3. The van der Waals surface area contributed by atoms with E-state index < -0.39 is 32.3 Å². The van der Waals surface area contributed by atoms with Crippen LogP contribution in [0, 0.1) is 0 Å². The molecule has 1 heterocycles. The van der Waals surface area contributed by atoms with Gasteiger partial charge in [-0.2, -0.15) is 0 Å². The predicted molar refractivity (Wildman–Crippen MR) is 167 cm³/mol. The Hall–Kier alpha value is -3.72. The first kappa shape index (κ1) is 38.3. The fourth-order valence-corrected chi connectivity index (χ4v) is 5.33. The highest BCUT2D eigenvalue weighted by Crippen LogP contribution is 2.33. The summed E-state index contributed by atoms with van der Waals surface area (Å²) in [5.41, 5.74) is 2.51. The van der Waals surface area contributed by atoms with Crippen molar-refractivity contribution in [3.8, 4) is 11.5 Å².